The van der Waals surface area contributed by atoms with Gasteiger partial charge in [0.25, 0.3) is 0 Å². The van der Waals surface area contributed by atoms with Crippen molar-refractivity contribution in [3.63, 3.8) is 0 Å². The maximum atomic E-state index is 8.76. The second-order valence-corrected chi connectivity index (χ2v) is 1.72. The average molecular weight is 116 g/mol. The molecule has 0 spiro atoms. The van der Waals surface area contributed by atoms with Crippen molar-refractivity contribution in [2.75, 3.05) is 6.61 Å². The zero-order chi connectivity index (χ0) is 5.98. The maximum Gasteiger partial charge on any atom is 0.117 e. The molecule has 3 heteroatoms. The Labute approximate surface area is 47.2 Å². The quantitative estimate of drug-likeness (QED) is 0.438. The molecule has 0 aromatic carbocycles. The highest BCUT2D eigenvalue weighted by molar-refractivity contribution is 4.91. The number of ether oxygens (including phenoxy) is 1. The lowest BCUT2D eigenvalue weighted by atomic mass is 10.2. The summed E-state index contributed by atoms with van der Waals surface area (Å²) in [4.78, 5) is 0. The van der Waals surface area contributed by atoms with E-state index in [2.05, 4.69) is 4.74 Å². The lowest BCUT2D eigenvalue weighted by Crippen LogP contribution is -2.30. The predicted octanol–water partition coefficient (Wildman–Crippen LogP) is -0.748. The van der Waals surface area contributed by atoms with Crippen LogP contribution in [-0.2, 0) is 4.74 Å². The van der Waals surface area contributed by atoms with E-state index in [1.54, 1.807) is 0 Å². The van der Waals surface area contributed by atoms with Gasteiger partial charge in [0, 0.05) is 0 Å². The summed E-state index contributed by atoms with van der Waals surface area (Å²) in [5, 5.41) is 17.5. The normalized spacial score (nSPS) is 36.8. The molecule has 0 bridgehead atoms. The third kappa shape index (κ3) is 0.993. The van der Waals surface area contributed by atoms with Crippen LogP contribution in [0.1, 0.15) is 0 Å². The fourth-order valence-electron chi connectivity index (χ4n) is 0.517. The first-order valence-electron chi connectivity index (χ1n) is 2.45. The highest BCUT2D eigenvalue weighted by Gasteiger charge is 2.15. The smallest absolute Gasteiger partial charge is 0.117 e. The summed E-state index contributed by atoms with van der Waals surface area (Å²) in [6, 6.07) is 0. The van der Waals surface area contributed by atoms with Crippen molar-refractivity contribution in [3.8, 4) is 0 Å². The Kier molecular flexibility index (Phi) is 1.50. The largest absolute Gasteiger partial charge is 0.499 e. The van der Waals surface area contributed by atoms with Gasteiger partial charge in [-0.05, 0) is 6.08 Å². The third-order valence-corrected chi connectivity index (χ3v) is 1.03. The Morgan fingerprint density at radius 2 is 2.25 bits per heavy atom. The Morgan fingerprint density at radius 3 is 2.62 bits per heavy atom. The molecule has 1 aliphatic heterocycles. The molecule has 2 atom stereocenters. The van der Waals surface area contributed by atoms with E-state index in [1.807, 2.05) is 0 Å². The first-order chi connectivity index (χ1) is 3.80. The molecule has 0 saturated carbocycles. The fraction of sp³-hybridized carbons (Fsp3) is 0.600. The minimum Gasteiger partial charge on any atom is -0.499 e. The van der Waals surface area contributed by atoms with Gasteiger partial charge in [0.15, 0.2) is 0 Å². The van der Waals surface area contributed by atoms with Crippen LogP contribution in [0.3, 0.4) is 0 Å². The summed E-state index contributed by atoms with van der Waals surface area (Å²) < 4.78 is 4.66. The summed E-state index contributed by atoms with van der Waals surface area (Å²) in [6.45, 7) is 0.192. The van der Waals surface area contributed by atoms with Gasteiger partial charge in [-0.2, -0.15) is 0 Å². The van der Waals surface area contributed by atoms with Crippen LogP contribution in [0, 0.1) is 0 Å². The number of rotatable bonds is 0. The number of aliphatic hydroxyl groups is 2. The van der Waals surface area contributed by atoms with Crippen LogP contribution < -0.4 is 0 Å². The van der Waals surface area contributed by atoms with Crippen LogP contribution in [-0.4, -0.2) is 29.0 Å². The molecular formula is C5H8O3. The van der Waals surface area contributed by atoms with E-state index in [1.165, 1.54) is 12.3 Å². The molecular weight excluding hydrogens is 108 g/mol. The second-order valence-electron chi connectivity index (χ2n) is 1.72. The van der Waals surface area contributed by atoms with Gasteiger partial charge in [-0.1, -0.05) is 0 Å². The van der Waals surface area contributed by atoms with Crippen LogP contribution in [0.25, 0.3) is 0 Å². The van der Waals surface area contributed by atoms with Gasteiger partial charge < -0.3 is 14.9 Å². The van der Waals surface area contributed by atoms with Gasteiger partial charge in [0.05, 0.1) is 6.26 Å². The zero-order valence-corrected chi connectivity index (χ0v) is 4.32. The molecule has 0 amide bonds. The molecule has 1 unspecified atom stereocenters. The molecule has 0 aromatic rings. The topological polar surface area (TPSA) is 49.7 Å². The van der Waals surface area contributed by atoms with E-state index in [9.17, 15) is 0 Å². The molecule has 1 heterocycles. The molecule has 1 aliphatic rings. The number of hydrogen-bond donors (Lipinski definition) is 2. The second kappa shape index (κ2) is 2.15. The van der Waals surface area contributed by atoms with Crippen molar-refractivity contribution in [3.05, 3.63) is 12.3 Å². The van der Waals surface area contributed by atoms with E-state index < -0.39 is 12.2 Å². The third-order valence-electron chi connectivity index (χ3n) is 1.03. The molecule has 8 heavy (non-hydrogen) atoms. The molecule has 0 fully saturated rings. The summed E-state index contributed by atoms with van der Waals surface area (Å²) in [5.41, 5.74) is 0. The fourth-order valence-corrected chi connectivity index (χ4v) is 0.517. The Morgan fingerprint density at radius 1 is 1.50 bits per heavy atom. The highest BCUT2D eigenvalue weighted by Crippen LogP contribution is 2.02. The minimum atomic E-state index is -0.750. The van der Waals surface area contributed by atoms with E-state index in [0.29, 0.717) is 0 Å². The van der Waals surface area contributed by atoms with Crippen molar-refractivity contribution in [2.24, 2.45) is 0 Å². The van der Waals surface area contributed by atoms with Gasteiger partial charge >= 0.3 is 0 Å². The first-order valence-corrected chi connectivity index (χ1v) is 2.45. The highest BCUT2D eigenvalue weighted by atomic mass is 16.5. The minimum absolute atomic E-state index is 0.192. The molecule has 3 nitrogen and oxygen atoms in total. The lowest BCUT2D eigenvalue weighted by Gasteiger charge is -2.17. The zero-order valence-electron chi connectivity index (χ0n) is 4.32. The van der Waals surface area contributed by atoms with E-state index in [0.717, 1.165) is 0 Å². The lowest BCUT2D eigenvalue weighted by molar-refractivity contribution is -0.0108. The molecule has 2 N–H and O–H groups in total. The molecule has 0 aliphatic carbocycles. The van der Waals surface area contributed by atoms with E-state index in [4.69, 9.17) is 10.2 Å². The van der Waals surface area contributed by atoms with Crippen LogP contribution in [0.5, 0.6) is 0 Å². The Bertz CT molecular complexity index is 99.8. The van der Waals surface area contributed by atoms with E-state index >= 15 is 0 Å². The number of hydrogen-bond acceptors (Lipinski definition) is 3. The molecule has 1 rings (SSSR count). The van der Waals surface area contributed by atoms with Gasteiger partial charge in [0.2, 0.25) is 0 Å². The monoisotopic (exact) mass is 116 g/mol. The van der Waals surface area contributed by atoms with Gasteiger partial charge in [-0.15, -0.1) is 0 Å². The summed E-state index contributed by atoms with van der Waals surface area (Å²) in [5.74, 6) is 0. The molecule has 0 radical (unpaired) electrons. The SMILES string of the molecule is OC1COC=C[C@@H]1O. The van der Waals surface area contributed by atoms with E-state index in [-0.39, 0.29) is 6.61 Å². The van der Waals surface area contributed by atoms with Crippen molar-refractivity contribution in [2.45, 2.75) is 12.2 Å². The van der Waals surface area contributed by atoms with Crippen molar-refractivity contribution >= 4 is 0 Å². The Hall–Kier alpha value is -0.540. The van der Waals surface area contributed by atoms with Crippen LogP contribution in [0.2, 0.25) is 0 Å². The summed E-state index contributed by atoms with van der Waals surface area (Å²) >= 11 is 0. The molecule has 46 valence electrons. The molecule has 0 saturated heterocycles. The van der Waals surface area contributed by atoms with Crippen molar-refractivity contribution < 1.29 is 14.9 Å². The van der Waals surface area contributed by atoms with Crippen LogP contribution >= 0.6 is 0 Å². The van der Waals surface area contributed by atoms with Gasteiger partial charge in [-0.3, -0.25) is 0 Å². The molecule has 0 aromatic heterocycles. The predicted molar refractivity (Wildman–Crippen MR) is 27.1 cm³/mol. The van der Waals surface area contributed by atoms with Crippen molar-refractivity contribution in [1.82, 2.24) is 0 Å². The van der Waals surface area contributed by atoms with Crippen LogP contribution in [0.4, 0.5) is 0 Å². The van der Waals surface area contributed by atoms with Crippen LogP contribution in [0.15, 0.2) is 12.3 Å². The number of aliphatic hydroxyl groups excluding tert-OH is 2. The maximum absolute atomic E-state index is 8.76. The first kappa shape index (κ1) is 5.59. The Balaban J connectivity index is 2.47. The van der Waals surface area contributed by atoms with Gasteiger partial charge in [-0.25, -0.2) is 0 Å². The average Bonchev–Trinajstić information content (AvgIpc) is 1.77. The summed E-state index contributed by atoms with van der Waals surface area (Å²) in [6.07, 6.45) is 1.30. The van der Waals surface area contributed by atoms with Gasteiger partial charge in [0.1, 0.15) is 18.8 Å². The standard InChI is InChI=1S/C5H8O3/c6-4-1-2-8-3-5(4)7/h1-2,4-7H,3H2/t4-,5?/m0/s1. The van der Waals surface area contributed by atoms with Crippen molar-refractivity contribution in [1.29, 1.82) is 0 Å². The summed E-state index contributed by atoms with van der Waals surface area (Å²) in [7, 11) is 0.